The molecule has 25 heavy (non-hydrogen) atoms. The lowest BCUT2D eigenvalue weighted by molar-refractivity contribution is -0.130. The van der Waals surface area contributed by atoms with Gasteiger partial charge in [-0.15, -0.1) is 0 Å². The molecule has 5 heteroatoms. The first kappa shape index (κ1) is 17.0. The van der Waals surface area contributed by atoms with Gasteiger partial charge in [0.25, 0.3) is 5.91 Å². The van der Waals surface area contributed by atoms with Crippen molar-refractivity contribution in [2.75, 3.05) is 18.8 Å². The van der Waals surface area contributed by atoms with Gasteiger partial charge in [0.05, 0.1) is 5.56 Å². The molecule has 130 valence electrons. The molecule has 3 N–H and O–H groups in total. The van der Waals surface area contributed by atoms with Crippen LogP contribution < -0.4 is 11.1 Å². The van der Waals surface area contributed by atoms with Crippen LogP contribution in [0.3, 0.4) is 0 Å². The average Bonchev–Trinajstić information content (AvgIpc) is 3.09. The molecule has 1 unspecified atom stereocenters. The largest absolute Gasteiger partial charge is 0.398 e. The van der Waals surface area contributed by atoms with Crippen molar-refractivity contribution in [2.45, 2.75) is 25.3 Å². The number of hydrogen-bond donors (Lipinski definition) is 2. The maximum atomic E-state index is 12.4. The van der Waals surface area contributed by atoms with Gasteiger partial charge in [0.2, 0.25) is 5.91 Å². The Balaban J connectivity index is 1.49. The zero-order valence-electron chi connectivity index (χ0n) is 14.2. The molecule has 0 spiro atoms. The molecule has 5 nitrogen and oxygen atoms in total. The molecule has 2 aromatic carbocycles. The fourth-order valence-corrected chi connectivity index (χ4v) is 3.13. The number of hydrogen-bond acceptors (Lipinski definition) is 3. The van der Waals surface area contributed by atoms with Crippen LogP contribution in [0.15, 0.2) is 54.6 Å². The summed E-state index contributed by atoms with van der Waals surface area (Å²) >= 11 is 0. The van der Waals surface area contributed by atoms with Crippen LogP contribution in [-0.2, 0) is 11.2 Å². The molecule has 1 fully saturated rings. The number of benzene rings is 2. The van der Waals surface area contributed by atoms with E-state index in [0.29, 0.717) is 30.8 Å². The fraction of sp³-hybridized carbons (Fsp3) is 0.300. The third kappa shape index (κ3) is 4.38. The lowest BCUT2D eigenvalue weighted by Crippen LogP contribution is -2.38. The van der Waals surface area contributed by atoms with E-state index < -0.39 is 0 Å². The number of para-hydroxylation sites is 1. The zero-order chi connectivity index (χ0) is 17.6. The first-order chi connectivity index (χ1) is 12.1. The highest BCUT2D eigenvalue weighted by Gasteiger charge is 2.27. The van der Waals surface area contributed by atoms with Crippen molar-refractivity contribution < 1.29 is 9.59 Å². The third-order valence-corrected chi connectivity index (χ3v) is 4.55. The van der Waals surface area contributed by atoms with Crippen LogP contribution in [0, 0.1) is 0 Å². The molecular weight excluding hydrogens is 314 g/mol. The van der Waals surface area contributed by atoms with E-state index in [9.17, 15) is 9.59 Å². The number of aryl methyl sites for hydroxylation is 1. The highest BCUT2D eigenvalue weighted by Crippen LogP contribution is 2.15. The second kappa shape index (κ2) is 7.83. The van der Waals surface area contributed by atoms with E-state index in [1.807, 2.05) is 35.2 Å². The van der Waals surface area contributed by atoms with Crippen LogP contribution in [-0.4, -0.2) is 35.8 Å². The van der Waals surface area contributed by atoms with Crippen LogP contribution in [0.4, 0.5) is 5.69 Å². The minimum Gasteiger partial charge on any atom is -0.398 e. The summed E-state index contributed by atoms with van der Waals surface area (Å²) in [6.07, 6.45) is 2.01. The molecular formula is C20H23N3O2. The molecule has 0 aliphatic carbocycles. The van der Waals surface area contributed by atoms with Gasteiger partial charge in [-0.05, 0) is 30.5 Å². The van der Waals surface area contributed by atoms with Crippen LogP contribution in [0.1, 0.15) is 28.8 Å². The van der Waals surface area contributed by atoms with Gasteiger partial charge < -0.3 is 16.0 Å². The Bertz CT molecular complexity index is 746. The van der Waals surface area contributed by atoms with Gasteiger partial charge in [-0.25, -0.2) is 0 Å². The SMILES string of the molecule is Nc1ccccc1C(=O)NC1CCN(C(=O)CCc2ccccc2)C1. The molecule has 3 rings (SSSR count). The highest BCUT2D eigenvalue weighted by atomic mass is 16.2. The first-order valence-electron chi connectivity index (χ1n) is 8.60. The van der Waals surface area contributed by atoms with Crippen molar-refractivity contribution in [3.63, 3.8) is 0 Å². The Labute approximate surface area is 147 Å². The van der Waals surface area contributed by atoms with Crippen molar-refractivity contribution in [3.05, 3.63) is 65.7 Å². The minimum absolute atomic E-state index is 0.0206. The van der Waals surface area contributed by atoms with Crippen LogP contribution in [0.5, 0.6) is 0 Å². The summed E-state index contributed by atoms with van der Waals surface area (Å²) in [5.41, 5.74) is 7.96. The summed E-state index contributed by atoms with van der Waals surface area (Å²) in [5.74, 6) is -0.0403. The average molecular weight is 337 g/mol. The number of amides is 2. The van der Waals surface area contributed by atoms with Crippen molar-refractivity contribution in [1.29, 1.82) is 0 Å². The van der Waals surface area contributed by atoms with Crippen LogP contribution in [0.25, 0.3) is 0 Å². The molecule has 1 atom stereocenters. The number of rotatable bonds is 5. The lowest BCUT2D eigenvalue weighted by atomic mass is 10.1. The van der Waals surface area contributed by atoms with Crippen LogP contribution >= 0.6 is 0 Å². The Hall–Kier alpha value is -2.82. The number of carbonyl (C=O) groups excluding carboxylic acids is 2. The van der Waals surface area contributed by atoms with Gasteiger partial charge in [0, 0.05) is 31.2 Å². The maximum Gasteiger partial charge on any atom is 0.253 e. The molecule has 0 saturated carbocycles. The van der Waals surface area contributed by atoms with E-state index in [1.165, 1.54) is 5.56 Å². The summed E-state index contributed by atoms with van der Waals surface area (Å²) in [6, 6.07) is 17.0. The van der Waals surface area contributed by atoms with E-state index in [1.54, 1.807) is 24.3 Å². The fourth-order valence-electron chi connectivity index (χ4n) is 3.13. The standard InChI is InChI=1S/C20H23N3O2/c21-18-9-5-4-8-17(18)20(25)22-16-12-13-23(14-16)19(24)11-10-15-6-2-1-3-7-15/h1-9,16H,10-14,21H2,(H,22,25). The Kier molecular flexibility index (Phi) is 5.33. The Morgan fingerprint density at radius 1 is 1.08 bits per heavy atom. The van der Waals surface area contributed by atoms with E-state index in [0.717, 1.165) is 12.8 Å². The molecule has 1 aliphatic rings. The van der Waals surface area contributed by atoms with Gasteiger partial charge in [-0.3, -0.25) is 9.59 Å². The topological polar surface area (TPSA) is 75.4 Å². The number of nitrogen functional groups attached to an aromatic ring is 1. The zero-order valence-corrected chi connectivity index (χ0v) is 14.2. The summed E-state index contributed by atoms with van der Waals surface area (Å²) < 4.78 is 0. The monoisotopic (exact) mass is 337 g/mol. The van der Waals surface area contributed by atoms with Crippen molar-refractivity contribution in [3.8, 4) is 0 Å². The number of nitrogens with zero attached hydrogens (tertiary/aromatic N) is 1. The molecule has 1 aliphatic heterocycles. The molecule has 0 aromatic heterocycles. The van der Waals surface area contributed by atoms with Crippen LogP contribution in [0.2, 0.25) is 0 Å². The molecule has 0 bridgehead atoms. The lowest BCUT2D eigenvalue weighted by Gasteiger charge is -2.17. The van der Waals surface area contributed by atoms with Gasteiger partial charge in [0.15, 0.2) is 0 Å². The van der Waals surface area contributed by atoms with Gasteiger partial charge >= 0.3 is 0 Å². The van der Waals surface area contributed by atoms with Crippen molar-refractivity contribution >= 4 is 17.5 Å². The van der Waals surface area contributed by atoms with Crippen molar-refractivity contribution in [1.82, 2.24) is 10.2 Å². The summed E-state index contributed by atoms with van der Waals surface area (Å²) in [5, 5.41) is 2.98. The number of likely N-dealkylation sites (tertiary alicyclic amines) is 1. The van der Waals surface area contributed by atoms with Gasteiger partial charge in [-0.1, -0.05) is 42.5 Å². The smallest absolute Gasteiger partial charge is 0.253 e. The first-order valence-corrected chi connectivity index (χ1v) is 8.60. The van der Waals surface area contributed by atoms with E-state index in [4.69, 9.17) is 5.73 Å². The molecule has 1 heterocycles. The number of carbonyl (C=O) groups is 2. The van der Waals surface area contributed by atoms with Gasteiger partial charge in [0.1, 0.15) is 0 Å². The molecule has 2 amide bonds. The van der Waals surface area contributed by atoms with E-state index >= 15 is 0 Å². The minimum atomic E-state index is -0.179. The molecule has 1 saturated heterocycles. The number of nitrogens with one attached hydrogen (secondary N) is 1. The Morgan fingerprint density at radius 2 is 1.80 bits per heavy atom. The normalized spacial score (nSPS) is 16.6. The van der Waals surface area contributed by atoms with E-state index in [-0.39, 0.29) is 17.9 Å². The predicted molar refractivity (Wildman–Crippen MR) is 98.1 cm³/mol. The van der Waals surface area contributed by atoms with Crippen molar-refractivity contribution in [2.24, 2.45) is 0 Å². The molecule has 0 radical (unpaired) electrons. The summed E-state index contributed by atoms with van der Waals surface area (Å²) in [7, 11) is 0. The second-order valence-corrected chi connectivity index (χ2v) is 6.37. The Morgan fingerprint density at radius 3 is 2.56 bits per heavy atom. The summed E-state index contributed by atoms with van der Waals surface area (Å²) in [6.45, 7) is 1.24. The van der Waals surface area contributed by atoms with E-state index in [2.05, 4.69) is 5.32 Å². The molecule has 2 aromatic rings. The predicted octanol–water partition coefficient (Wildman–Crippen LogP) is 2.23. The highest BCUT2D eigenvalue weighted by molar-refractivity contribution is 5.99. The quantitative estimate of drug-likeness (QED) is 0.822. The second-order valence-electron chi connectivity index (χ2n) is 6.37. The number of nitrogens with two attached hydrogens (primary N) is 1. The number of anilines is 1. The summed E-state index contributed by atoms with van der Waals surface area (Å²) in [4.78, 5) is 26.5. The maximum absolute atomic E-state index is 12.4. The third-order valence-electron chi connectivity index (χ3n) is 4.55. The van der Waals surface area contributed by atoms with Gasteiger partial charge in [-0.2, -0.15) is 0 Å².